The molecule has 118 valence electrons. The molecule has 3 heterocycles. The van der Waals surface area contributed by atoms with Crippen LogP contribution in [0.3, 0.4) is 0 Å². The first-order valence-electron chi connectivity index (χ1n) is 7.74. The van der Waals surface area contributed by atoms with Gasteiger partial charge in [0.1, 0.15) is 5.01 Å². The van der Waals surface area contributed by atoms with Crippen LogP contribution in [-0.2, 0) is 0 Å². The molecule has 0 aliphatic carbocycles. The summed E-state index contributed by atoms with van der Waals surface area (Å²) in [5.41, 5.74) is 4.20. The van der Waals surface area contributed by atoms with Gasteiger partial charge >= 0.3 is 0 Å². The molecule has 3 aromatic heterocycles. The molecule has 0 saturated heterocycles. The first-order valence-corrected chi connectivity index (χ1v) is 9.54. The van der Waals surface area contributed by atoms with Gasteiger partial charge < -0.3 is 0 Å². The highest BCUT2D eigenvalue weighted by molar-refractivity contribution is 7.99. The molecule has 5 heteroatoms. The lowest BCUT2D eigenvalue weighted by Gasteiger charge is -2.07. The maximum Gasteiger partial charge on any atom is 0.170 e. The summed E-state index contributed by atoms with van der Waals surface area (Å²) in [4.78, 5) is 14.7. The van der Waals surface area contributed by atoms with Crippen LogP contribution >= 0.6 is 23.1 Å². The van der Waals surface area contributed by atoms with Crippen molar-refractivity contribution in [3.63, 3.8) is 0 Å². The lowest BCUT2D eigenvalue weighted by molar-refractivity contribution is 1.29. The Morgan fingerprint density at radius 3 is 2.79 bits per heavy atom. The molecule has 4 aromatic rings. The van der Waals surface area contributed by atoms with Crippen LogP contribution in [0.15, 0.2) is 66.0 Å². The van der Waals surface area contributed by atoms with E-state index in [1.54, 1.807) is 17.5 Å². The monoisotopic (exact) mass is 349 g/mol. The zero-order chi connectivity index (χ0) is 16.4. The quantitative estimate of drug-likeness (QED) is 0.454. The molecule has 0 amide bonds. The van der Waals surface area contributed by atoms with E-state index in [4.69, 9.17) is 0 Å². The van der Waals surface area contributed by atoms with Gasteiger partial charge in [0.2, 0.25) is 0 Å². The van der Waals surface area contributed by atoms with Gasteiger partial charge in [0.25, 0.3) is 0 Å². The number of hydrogen-bond acceptors (Lipinski definition) is 5. The highest BCUT2D eigenvalue weighted by atomic mass is 32.2. The Labute approximate surface area is 148 Å². The minimum absolute atomic E-state index is 0.795. The van der Waals surface area contributed by atoms with E-state index in [-0.39, 0.29) is 0 Å². The molecule has 0 radical (unpaired) electrons. The maximum atomic E-state index is 4.64. The minimum atomic E-state index is 0.795. The fourth-order valence-electron chi connectivity index (χ4n) is 2.57. The van der Waals surface area contributed by atoms with Crippen LogP contribution in [0, 0.1) is 0 Å². The van der Waals surface area contributed by atoms with Crippen LogP contribution in [0.4, 0.5) is 0 Å². The fraction of sp³-hybridized carbons (Fsp3) is 0.105. The van der Waals surface area contributed by atoms with Gasteiger partial charge in [-0.2, -0.15) is 0 Å². The number of thiazole rings is 1. The second-order valence-corrected chi connectivity index (χ2v) is 7.57. The third kappa shape index (κ3) is 2.92. The molecule has 0 aliphatic rings. The van der Waals surface area contributed by atoms with Crippen LogP contribution in [0.25, 0.3) is 32.0 Å². The maximum absolute atomic E-state index is 4.64. The molecule has 0 saturated carbocycles. The second-order valence-electron chi connectivity index (χ2n) is 5.24. The summed E-state index contributed by atoms with van der Waals surface area (Å²) in [6.07, 6.45) is 5.53. The Morgan fingerprint density at radius 2 is 1.96 bits per heavy atom. The second kappa shape index (κ2) is 6.71. The summed E-state index contributed by atoms with van der Waals surface area (Å²) in [7, 11) is 0. The van der Waals surface area contributed by atoms with Gasteiger partial charge in [-0.05, 0) is 35.6 Å². The Hall–Kier alpha value is -2.24. The molecular formula is C19H15N3S2. The average Bonchev–Trinajstić information content (AvgIpc) is 3.06. The number of pyridine rings is 2. The standard InChI is InChI=1S/C19H15N3S2/c1-2-23-16-8-4-3-7-15(16)14-10-17-18(21-12-14)22-19(24-17)13-6-5-9-20-11-13/h3-12H,2H2,1H3. The smallest absolute Gasteiger partial charge is 0.170 e. The van der Waals surface area contributed by atoms with E-state index in [0.29, 0.717) is 0 Å². The Kier molecular flexibility index (Phi) is 4.28. The van der Waals surface area contributed by atoms with E-state index in [0.717, 1.165) is 32.2 Å². The number of thioether (sulfide) groups is 1. The Morgan fingerprint density at radius 1 is 1.04 bits per heavy atom. The highest BCUT2D eigenvalue weighted by Gasteiger charge is 2.10. The molecule has 0 unspecified atom stereocenters. The number of benzene rings is 1. The predicted octanol–water partition coefficient (Wildman–Crippen LogP) is 5.53. The SMILES string of the molecule is CCSc1ccccc1-c1cnc2nc(-c3cccnc3)sc2c1. The molecule has 0 bridgehead atoms. The first-order chi connectivity index (χ1) is 11.8. The van der Waals surface area contributed by atoms with Gasteiger partial charge in [-0.15, -0.1) is 23.1 Å². The van der Waals surface area contributed by atoms with Crippen molar-refractivity contribution in [1.29, 1.82) is 0 Å². The average molecular weight is 349 g/mol. The van der Waals surface area contributed by atoms with Crippen molar-refractivity contribution in [3.8, 4) is 21.7 Å². The molecule has 4 rings (SSSR count). The zero-order valence-corrected chi connectivity index (χ0v) is 14.8. The molecular weight excluding hydrogens is 334 g/mol. The van der Waals surface area contributed by atoms with Gasteiger partial charge in [0, 0.05) is 34.6 Å². The Balaban J connectivity index is 1.79. The molecule has 0 N–H and O–H groups in total. The first kappa shape index (κ1) is 15.3. The van der Waals surface area contributed by atoms with Crippen molar-refractivity contribution >= 4 is 33.4 Å². The normalized spacial score (nSPS) is 11.0. The van der Waals surface area contributed by atoms with Crippen molar-refractivity contribution in [2.24, 2.45) is 0 Å². The molecule has 24 heavy (non-hydrogen) atoms. The third-order valence-electron chi connectivity index (χ3n) is 3.65. The largest absolute Gasteiger partial charge is 0.264 e. The van der Waals surface area contributed by atoms with E-state index in [1.165, 1.54) is 10.5 Å². The molecule has 0 spiro atoms. The van der Waals surface area contributed by atoms with Crippen molar-refractivity contribution in [2.45, 2.75) is 11.8 Å². The van der Waals surface area contributed by atoms with E-state index in [1.807, 2.05) is 36.3 Å². The fourth-order valence-corrected chi connectivity index (χ4v) is 4.35. The van der Waals surface area contributed by atoms with Crippen LogP contribution in [0.2, 0.25) is 0 Å². The summed E-state index contributed by atoms with van der Waals surface area (Å²) in [5, 5.41) is 0.957. The predicted molar refractivity (Wildman–Crippen MR) is 102 cm³/mol. The van der Waals surface area contributed by atoms with Crippen LogP contribution in [0.5, 0.6) is 0 Å². The minimum Gasteiger partial charge on any atom is -0.264 e. The molecule has 0 fully saturated rings. The van der Waals surface area contributed by atoms with E-state index in [2.05, 4.69) is 52.2 Å². The van der Waals surface area contributed by atoms with E-state index >= 15 is 0 Å². The van der Waals surface area contributed by atoms with Crippen LogP contribution in [0.1, 0.15) is 6.92 Å². The van der Waals surface area contributed by atoms with Crippen molar-refractivity contribution in [1.82, 2.24) is 15.0 Å². The zero-order valence-electron chi connectivity index (χ0n) is 13.1. The van der Waals surface area contributed by atoms with E-state index in [9.17, 15) is 0 Å². The van der Waals surface area contributed by atoms with E-state index < -0.39 is 0 Å². The number of nitrogens with zero attached hydrogens (tertiary/aromatic N) is 3. The van der Waals surface area contributed by atoms with Gasteiger partial charge in [-0.3, -0.25) is 4.98 Å². The highest BCUT2D eigenvalue weighted by Crippen LogP contribution is 2.35. The van der Waals surface area contributed by atoms with Crippen LogP contribution in [-0.4, -0.2) is 20.7 Å². The molecule has 1 aromatic carbocycles. The summed E-state index contributed by atoms with van der Waals surface area (Å²) >= 11 is 3.51. The summed E-state index contributed by atoms with van der Waals surface area (Å²) in [5.74, 6) is 1.05. The molecule has 0 atom stereocenters. The van der Waals surface area contributed by atoms with Gasteiger partial charge in [-0.25, -0.2) is 9.97 Å². The van der Waals surface area contributed by atoms with Crippen LogP contribution < -0.4 is 0 Å². The van der Waals surface area contributed by atoms with Gasteiger partial charge in [0.05, 0.1) is 4.70 Å². The summed E-state index contributed by atoms with van der Waals surface area (Å²) < 4.78 is 1.10. The van der Waals surface area contributed by atoms with Crippen molar-refractivity contribution in [3.05, 3.63) is 61.1 Å². The molecule has 0 aliphatic heterocycles. The Bertz CT molecular complexity index is 980. The molecule has 3 nitrogen and oxygen atoms in total. The number of hydrogen-bond donors (Lipinski definition) is 0. The lowest BCUT2D eigenvalue weighted by Crippen LogP contribution is -1.85. The van der Waals surface area contributed by atoms with Gasteiger partial charge in [0.15, 0.2) is 5.65 Å². The number of rotatable bonds is 4. The third-order valence-corrected chi connectivity index (χ3v) is 5.65. The topological polar surface area (TPSA) is 38.7 Å². The lowest BCUT2D eigenvalue weighted by atomic mass is 10.1. The number of aromatic nitrogens is 3. The number of fused-ring (bicyclic) bond motifs is 1. The van der Waals surface area contributed by atoms with Crippen molar-refractivity contribution in [2.75, 3.05) is 5.75 Å². The van der Waals surface area contributed by atoms with Gasteiger partial charge in [-0.1, -0.05) is 25.1 Å². The van der Waals surface area contributed by atoms with Crippen molar-refractivity contribution < 1.29 is 0 Å². The summed E-state index contributed by atoms with van der Waals surface area (Å²) in [6.45, 7) is 2.17. The summed E-state index contributed by atoms with van der Waals surface area (Å²) in [6, 6.07) is 14.6.